The minimum Gasteiger partial charge on any atom is -0.347 e. The molecule has 2 fully saturated rings. The fraction of sp³-hybridized carbons (Fsp3) is 0.562. The Bertz CT molecular complexity index is 484. The molecule has 1 aromatic rings. The molecule has 0 aromatic heterocycles. The van der Waals surface area contributed by atoms with E-state index >= 15 is 0 Å². The van der Waals surface area contributed by atoms with E-state index in [4.69, 9.17) is 9.47 Å². The molecular formula is C16H21NO3. The third-order valence-electron chi connectivity index (χ3n) is 4.13. The number of benzene rings is 1. The second kappa shape index (κ2) is 5.54. The van der Waals surface area contributed by atoms with Gasteiger partial charge in [0.05, 0.1) is 19.6 Å². The number of aryl methyl sites for hydroxylation is 1. The normalized spacial score (nSPS) is 21.4. The summed E-state index contributed by atoms with van der Waals surface area (Å²) < 4.78 is 11.4. The second-order valence-corrected chi connectivity index (χ2v) is 5.65. The number of likely N-dealkylation sites (tertiary alicyclic amines) is 1. The summed E-state index contributed by atoms with van der Waals surface area (Å²) in [6.07, 6.45) is 2.05. The van der Waals surface area contributed by atoms with Crippen LogP contribution >= 0.6 is 0 Å². The van der Waals surface area contributed by atoms with Crippen LogP contribution in [0, 0.1) is 6.92 Å². The Hall–Kier alpha value is -1.39. The van der Waals surface area contributed by atoms with Gasteiger partial charge in [0.25, 0.3) is 0 Å². The second-order valence-electron chi connectivity index (χ2n) is 5.65. The predicted octanol–water partition coefficient (Wildman–Crippen LogP) is 1.90. The molecule has 0 bridgehead atoms. The summed E-state index contributed by atoms with van der Waals surface area (Å²) >= 11 is 0. The molecule has 108 valence electrons. The summed E-state index contributed by atoms with van der Waals surface area (Å²) in [6.45, 7) is 4.86. The van der Waals surface area contributed by atoms with Crippen LogP contribution in [0.2, 0.25) is 0 Å². The Morgan fingerprint density at radius 3 is 2.60 bits per heavy atom. The first-order valence-electron chi connectivity index (χ1n) is 7.28. The van der Waals surface area contributed by atoms with Crippen molar-refractivity contribution in [3.05, 3.63) is 35.4 Å². The zero-order valence-corrected chi connectivity index (χ0v) is 11.9. The molecule has 2 saturated heterocycles. The summed E-state index contributed by atoms with van der Waals surface area (Å²) in [5, 5.41) is 0. The lowest BCUT2D eigenvalue weighted by Gasteiger charge is -2.37. The van der Waals surface area contributed by atoms with Crippen molar-refractivity contribution in [2.75, 3.05) is 26.3 Å². The van der Waals surface area contributed by atoms with Crippen molar-refractivity contribution in [1.29, 1.82) is 0 Å². The monoisotopic (exact) mass is 275 g/mol. The van der Waals surface area contributed by atoms with E-state index in [0.29, 0.717) is 19.6 Å². The molecule has 0 saturated carbocycles. The summed E-state index contributed by atoms with van der Waals surface area (Å²) in [5.41, 5.74) is 2.28. The molecule has 0 atom stereocenters. The number of rotatable bonds is 2. The highest BCUT2D eigenvalue weighted by atomic mass is 16.7. The van der Waals surface area contributed by atoms with Gasteiger partial charge in [-0.3, -0.25) is 4.79 Å². The lowest BCUT2D eigenvalue weighted by Crippen LogP contribution is -2.47. The van der Waals surface area contributed by atoms with Crippen LogP contribution in [0.25, 0.3) is 0 Å². The molecule has 0 unspecified atom stereocenters. The number of nitrogens with zero attached hydrogens (tertiary/aromatic N) is 1. The Morgan fingerprint density at radius 2 is 1.95 bits per heavy atom. The fourth-order valence-electron chi connectivity index (χ4n) is 2.99. The highest BCUT2D eigenvalue weighted by Gasteiger charge is 2.40. The summed E-state index contributed by atoms with van der Waals surface area (Å²) in [4.78, 5) is 14.3. The van der Waals surface area contributed by atoms with Crippen molar-refractivity contribution in [2.45, 2.75) is 32.0 Å². The largest absolute Gasteiger partial charge is 0.347 e. The standard InChI is InChI=1S/C16H21NO3/c1-13-3-2-4-14(11-13)12-15(18)17-7-5-16(6-8-17)19-9-10-20-16/h2-4,11H,5-10,12H2,1H3. The van der Waals surface area contributed by atoms with Gasteiger partial charge in [0, 0.05) is 25.9 Å². The Balaban J connectivity index is 1.56. The van der Waals surface area contributed by atoms with Crippen LogP contribution in [0.3, 0.4) is 0 Å². The Kier molecular flexibility index (Phi) is 3.76. The van der Waals surface area contributed by atoms with Gasteiger partial charge in [-0.1, -0.05) is 29.8 Å². The molecule has 2 heterocycles. The van der Waals surface area contributed by atoms with E-state index in [1.54, 1.807) is 0 Å². The first-order valence-corrected chi connectivity index (χ1v) is 7.28. The average Bonchev–Trinajstić information content (AvgIpc) is 2.88. The van der Waals surface area contributed by atoms with Gasteiger partial charge in [0.2, 0.25) is 5.91 Å². The first-order chi connectivity index (χ1) is 9.67. The van der Waals surface area contributed by atoms with E-state index in [9.17, 15) is 4.79 Å². The van der Waals surface area contributed by atoms with Gasteiger partial charge in [-0.2, -0.15) is 0 Å². The van der Waals surface area contributed by atoms with E-state index in [1.807, 2.05) is 30.0 Å². The number of hydrogen-bond acceptors (Lipinski definition) is 3. The maximum absolute atomic E-state index is 12.3. The summed E-state index contributed by atoms with van der Waals surface area (Å²) in [6, 6.07) is 8.14. The van der Waals surface area contributed by atoms with Crippen LogP contribution in [0.1, 0.15) is 24.0 Å². The molecule has 1 spiro atoms. The number of piperidine rings is 1. The van der Waals surface area contributed by atoms with Crippen molar-refractivity contribution < 1.29 is 14.3 Å². The quantitative estimate of drug-likeness (QED) is 0.827. The molecule has 0 aliphatic carbocycles. The first kappa shape index (κ1) is 13.6. The highest BCUT2D eigenvalue weighted by Crippen LogP contribution is 2.31. The molecule has 1 aromatic carbocycles. The summed E-state index contributed by atoms with van der Waals surface area (Å²) in [5.74, 6) is -0.205. The molecule has 3 rings (SSSR count). The SMILES string of the molecule is Cc1cccc(CC(=O)N2CCC3(CC2)OCCO3)c1. The zero-order chi connectivity index (χ0) is 14.0. The van der Waals surface area contributed by atoms with Crippen molar-refractivity contribution in [1.82, 2.24) is 4.90 Å². The lowest BCUT2D eigenvalue weighted by molar-refractivity contribution is -0.187. The van der Waals surface area contributed by atoms with Gasteiger partial charge >= 0.3 is 0 Å². The van der Waals surface area contributed by atoms with E-state index in [0.717, 1.165) is 31.5 Å². The van der Waals surface area contributed by atoms with E-state index in [1.165, 1.54) is 5.56 Å². The molecule has 4 nitrogen and oxygen atoms in total. The van der Waals surface area contributed by atoms with Gasteiger partial charge in [0.15, 0.2) is 5.79 Å². The van der Waals surface area contributed by atoms with Gasteiger partial charge in [-0.25, -0.2) is 0 Å². The maximum Gasteiger partial charge on any atom is 0.226 e. The summed E-state index contributed by atoms with van der Waals surface area (Å²) in [7, 11) is 0. The molecule has 2 aliphatic heterocycles. The van der Waals surface area contributed by atoms with E-state index in [2.05, 4.69) is 6.07 Å². The minimum absolute atomic E-state index is 0.198. The van der Waals surface area contributed by atoms with Crippen molar-refractivity contribution in [3.63, 3.8) is 0 Å². The molecule has 0 radical (unpaired) electrons. The maximum atomic E-state index is 12.3. The molecule has 20 heavy (non-hydrogen) atoms. The third kappa shape index (κ3) is 2.86. The van der Waals surface area contributed by atoms with Gasteiger partial charge in [0.1, 0.15) is 0 Å². The van der Waals surface area contributed by atoms with Crippen molar-refractivity contribution in [2.24, 2.45) is 0 Å². The molecular weight excluding hydrogens is 254 g/mol. The van der Waals surface area contributed by atoms with Crippen LogP contribution in [-0.4, -0.2) is 42.9 Å². The Morgan fingerprint density at radius 1 is 1.25 bits per heavy atom. The van der Waals surface area contributed by atoms with E-state index in [-0.39, 0.29) is 5.91 Å². The number of hydrogen-bond donors (Lipinski definition) is 0. The van der Waals surface area contributed by atoms with Crippen LogP contribution in [0.5, 0.6) is 0 Å². The minimum atomic E-state index is -0.403. The Labute approximate surface area is 119 Å². The highest BCUT2D eigenvalue weighted by molar-refractivity contribution is 5.78. The number of carbonyl (C=O) groups is 1. The van der Waals surface area contributed by atoms with Gasteiger partial charge in [-0.05, 0) is 12.5 Å². The molecule has 1 amide bonds. The smallest absolute Gasteiger partial charge is 0.226 e. The van der Waals surface area contributed by atoms with Gasteiger partial charge < -0.3 is 14.4 Å². The van der Waals surface area contributed by atoms with Crippen LogP contribution in [0.15, 0.2) is 24.3 Å². The zero-order valence-electron chi connectivity index (χ0n) is 11.9. The predicted molar refractivity (Wildman–Crippen MR) is 75.3 cm³/mol. The van der Waals surface area contributed by atoms with Crippen LogP contribution in [-0.2, 0) is 20.7 Å². The topological polar surface area (TPSA) is 38.8 Å². The number of carbonyl (C=O) groups excluding carboxylic acids is 1. The molecule has 2 aliphatic rings. The molecule has 4 heteroatoms. The number of ether oxygens (including phenoxy) is 2. The van der Waals surface area contributed by atoms with Crippen molar-refractivity contribution in [3.8, 4) is 0 Å². The molecule has 0 N–H and O–H groups in total. The lowest BCUT2D eigenvalue weighted by atomic mass is 10.0. The van der Waals surface area contributed by atoms with Crippen LogP contribution < -0.4 is 0 Å². The third-order valence-corrected chi connectivity index (χ3v) is 4.13. The van der Waals surface area contributed by atoms with Gasteiger partial charge in [-0.15, -0.1) is 0 Å². The van der Waals surface area contributed by atoms with Crippen LogP contribution in [0.4, 0.5) is 0 Å². The number of amides is 1. The fourth-order valence-corrected chi connectivity index (χ4v) is 2.99. The van der Waals surface area contributed by atoms with E-state index < -0.39 is 5.79 Å². The average molecular weight is 275 g/mol. The van der Waals surface area contributed by atoms with Crippen molar-refractivity contribution >= 4 is 5.91 Å².